The van der Waals surface area contributed by atoms with Crippen LogP contribution in [0.5, 0.6) is 17.2 Å². The molecular weight excluding hydrogens is 454 g/mol. The van der Waals surface area contributed by atoms with Crippen LogP contribution in [0.3, 0.4) is 0 Å². The minimum atomic E-state index is -1.04. The van der Waals surface area contributed by atoms with Crippen LogP contribution in [0.1, 0.15) is 0 Å². The van der Waals surface area contributed by atoms with Gasteiger partial charge in [0.15, 0.2) is 12.1 Å². The van der Waals surface area contributed by atoms with Gasteiger partial charge in [0.2, 0.25) is 5.91 Å². The number of amides is 3. The van der Waals surface area contributed by atoms with Crippen LogP contribution in [0.2, 0.25) is 5.02 Å². The van der Waals surface area contributed by atoms with E-state index in [1.165, 1.54) is 32.4 Å². The van der Waals surface area contributed by atoms with E-state index in [0.717, 1.165) is 4.90 Å². The molecule has 1 fully saturated rings. The van der Waals surface area contributed by atoms with Gasteiger partial charge < -0.3 is 19.5 Å². The van der Waals surface area contributed by atoms with Gasteiger partial charge in [0.25, 0.3) is 11.8 Å². The summed E-state index contributed by atoms with van der Waals surface area (Å²) < 4.78 is 15.5. The Morgan fingerprint density at radius 1 is 1.03 bits per heavy atom. The van der Waals surface area contributed by atoms with E-state index in [0.29, 0.717) is 22.9 Å². The fraction of sp³-hybridized carbons (Fsp3) is 0.286. The number of hydrogen-bond acceptors (Lipinski definition) is 9. The molecule has 172 valence electrons. The van der Waals surface area contributed by atoms with E-state index < -0.39 is 29.8 Å². The zero-order valence-corrected chi connectivity index (χ0v) is 18.7. The average molecular weight is 474 g/mol. The minimum absolute atomic E-state index is 0.249. The Balaban J connectivity index is 1.49. The van der Waals surface area contributed by atoms with Crippen molar-refractivity contribution in [2.75, 3.05) is 38.1 Å². The van der Waals surface area contributed by atoms with Crippen molar-refractivity contribution in [2.45, 2.75) is 12.1 Å². The van der Waals surface area contributed by atoms with Gasteiger partial charge >= 0.3 is 0 Å². The lowest BCUT2D eigenvalue weighted by molar-refractivity contribution is -0.123. The van der Waals surface area contributed by atoms with Gasteiger partial charge in [0.1, 0.15) is 23.8 Å². The van der Waals surface area contributed by atoms with Gasteiger partial charge in [-0.25, -0.2) is 4.90 Å². The number of carbonyl (C=O) groups is 3. The molecule has 0 aliphatic carbocycles. The van der Waals surface area contributed by atoms with Crippen molar-refractivity contribution >= 4 is 40.7 Å². The van der Waals surface area contributed by atoms with E-state index >= 15 is 0 Å². The van der Waals surface area contributed by atoms with Gasteiger partial charge in [-0.3, -0.25) is 19.4 Å². The van der Waals surface area contributed by atoms with E-state index in [-0.39, 0.29) is 17.3 Å². The van der Waals surface area contributed by atoms with Gasteiger partial charge in [0.05, 0.1) is 37.7 Å². The molecular formula is C21H20ClN5O6. The number of ether oxygens (including phenoxy) is 3. The molecule has 2 heterocycles. The molecule has 0 spiro atoms. The van der Waals surface area contributed by atoms with E-state index in [2.05, 4.69) is 15.7 Å². The fourth-order valence-electron chi connectivity index (χ4n) is 3.64. The van der Waals surface area contributed by atoms with E-state index in [1.807, 2.05) is 0 Å². The molecule has 2 aromatic carbocycles. The van der Waals surface area contributed by atoms with Gasteiger partial charge in [0, 0.05) is 6.07 Å². The van der Waals surface area contributed by atoms with Crippen molar-refractivity contribution in [3.8, 4) is 17.2 Å². The third kappa shape index (κ3) is 4.02. The molecule has 0 aromatic heterocycles. The summed E-state index contributed by atoms with van der Waals surface area (Å²) in [5.74, 6) is -0.190. The molecule has 4 rings (SSSR count). The number of imide groups is 1. The maximum absolute atomic E-state index is 13.1. The van der Waals surface area contributed by atoms with Gasteiger partial charge in [-0.2, -0.15) is 5.11 Å². The monoisotopic (exact) mass is 473 g/mol. The Bertz CT molecular complexity index is 1160. The quantitative estimate of drug-likeness (QED) is 0.612. The van der Waals surface area contributed by atoms with E-state index in [9.17, 15) is 14.4 Å². The van der Waals surface area contributed by atoms with Crippen LogP contribution in [0.15, 0.2) is 46.7 Å². The third-order valence-electron chi connectivity index (χ3n) is 5.24. The standard InChI is InChI=1S/C21H20ClN5O6/c1-31-12-5-6-14(16(9-12)33-3)23-17(28)10-26-19-18(24-25-26)20(29)27(21(19)30)11-4-7-15(32-2)13(22)8-11/h4-9,18-19H,10H2,1-3H3,(H,23,28)/t18-,19+/m0/s1. The first-order chi connectivity index (χ1) is 15.9. The summed E-state index contributed by atoms with van der Waals surface area (Å²) in [5.41, 5.74) is 0.701. The second-order valence-electron chi connectivity index (χ2n) is 7.14. The summed E-state index contributed by atoms with van der Waals surface area (Å²) >= 11 is 6.14. The smallest absolute Gasteiger partial charge is 0.263 e. The molecule has 2 aliphatic rings. The molecule has 0 unspecified atom stereocenters. The predicted molar refractivity (Wildman–Crippen MR) is 118 cm³/mol. The number of nitrogens with one attached hydrogen (secondary N) is 1. The number of halogens is 1. The Morgan fingerprint density at radius 2 is 1.79 bits per heavy atom. The SMILES string of the molecule is COc1ccc(NC(=O)CN2N=N[C@@H]3C(=O)N(c4ccc(OC)c(Cl)c4)C(=O)[C@@H]32)c(OC)c1. The number of benzene rings is 2. The summed E-state index contributed by atoms with van der Waals surface area (Å²) in [6, 6.07) is 7.42. The first-order valence-electron chi connectivity index (χ1n) is 9.78. The topological polar surface area (TPSA) is 122 Å². The van der Waals surface area contributed by atoms with Gasteiger partial charge in [-0.1, -0.05) is 16.8 Å². The molecule has 2 aromatic rings. The van der Waals surface area contributed by atoms with Crippen LogP contribution in [0.4, 0.5) is 11.4 Å². The predicted octanol–water partition coefficient (Wildman–Crippen LogP) is 2.30. The van der Waals surface area contributed by atoms with Crippen molar-refractivity contribution in [1.29, 1.82) is 0 Å². The fourth-order valence-corrected chi connectivity index (χ4v) is 3.89. The maximum atomic E-state index is 13.1. The number of nitrogens with zero attached hydrogens (tertiary/aromatic N) is 4. The highest BCUT2D eigenvalue weighted by molar-refractivity contribution is 6.33. The number of anilines is 2. The number of carbonyl (C=O) groups excluding carboxylic acids is 3. The minimum Gasteiger partial charge on any atom is -0.497 e. The van der Waals surface area contributed by atoms with Crippen molar-refractivity contribution < 1.29 is 28.6 Å². The maximum Gasteiger partial charge on any atom is 0.263 e. The summed E-state index contributed by atoms with van der Waals surface area (Å²) in [6.45, 7) is -0.296. The number of fused-ring (bicyclic) bond motifs is 1. The van der Waals surface area contributed by atoms with Crippen LogP contribution in [-0.2, 0) is 14.4 Å². The second-order valence-corrected chi connectivity index (χ2v) is 7.54. The molecule has 0 saturated carbocycles. The molecule has 1 saturated heterocycles. The highest BCUT2D eigenvalue weighted by Crippen LogP contribution is 2.35. The van der Waals surface area contributed by atoms with Crippen LogP contribution in [0, 0.1) is 0 Å². The number of methoxy groups -OCH3 is 3. The van der Waals surface area contributed by atoms with E-state index in [4.69, 9.17) is 25.8 Å². The average Bonchev–Trinajstić information content (AvgIpc) is 3.33. The zero-order chi connectivity index (χ0) is 23.7. The molecule has 11 nitrogen and oxygen atoms in total. The summed E-state index contributed by atoms with van der Waals surface area (Å²) in [7, 11) is 4.44. The summed E-state index contributed by atoms with van der Waals surface area (Å²) in [4.78, 5) is 39.6. The first kappa shape index (κ1) is 22.3. The Morgan fingerprint density at radius 3 is 2.45 bits per heavy atom. The zero-order valence-electron chi connectivity index (χ0n) is 17.9. The highest BCUT2D eigenvalue weighted by atomic mass is 35.5. The van der Waals surface area contributed by atoms with Crippen molar-refractivity contribution in [3.05, 3.63) is 41.4 Å². The lowest BCUT2D eigenvalue weighted by Crippen LogP contribution is -2.43. The molecule has 0 radical (unpaired) electrons. The lowest BCUT2D eigenvalue weighted by atomic mass is 10.1. The Labute approximate surface area is 193 Å². The Hall–Kier alpha value is -3.86. The van der Waals surface area contributed by atoms with Gasteiger partial charge in [-0.05, 0) is 30.3 Å². The number of hydrogen-bond donors (Lipinski definition) is 1. The van der Waals surface area contributed by atoms with Crippen molar-refractivity contribution in [2.24, 2.45) is 10.3 Å². The van der Waals surface area contributed by atoms with Gasteiger partial charge in [-0.15, -0.1) is 0 Å². The van der Waals surface area contributed by atoms with Crippen LogP contribution in [-0.4, -0.2) is 62.7 Å². The molecule has 12 heteroatoms. The largest absolute Gasteiger partial charge is 0.497 e. The lowest BCUT2D eigenvalue weighted by Gasteiger charge is -2.20. The normalized spacial score (nSPS) is 19.0. The Kier molecular flexibility index (Phi) is 6.05. The molecule has 1 N–H and O–H groups in total. The third-order valence-corrected chi connectivity index (χ3v) is 5.54. The van der Waals surface area contributed by atoms with Crippen LogP contribution in [0.25, 0.3) is 0 Å². The molecule has 33 heavy (non-hydrogen) atoms. The number of rotatable bonds is 7. The first-order valence-corrected chi connectivity index (χ1v) is 10.2. The summed E-state index contributed by atoms with van der Waals surface area (Å²) in [6.07, 6.45) is 0. The van der Waals surface area contributed by atoms with Crippen molar-refractivity contribution in [3.63, 3.8) is 0 Å². The van der Waals surface area contributed by atoms with Crippen molar-refractivity contribution in [1.82, 2.24) is 5.01 Å². The molecule has 0 bridgehead atoms. The second kappa shape index (κ2) is 8.94. The molecule has 3 amide bonds. The van der Waals surface area contributed by atoms with Crippen LogP contribution < -0.4 is 24.4 Å². The highest BCUT2D eigenvalue weighted by Gasteiger charge is 2.55. The van der Waals surface area contributed by atoms with E-state index in [1.54, 1.807) is 30.3 Å². The molecule has 2 aliphatic heterocycles. The van der Waals surface area contributed by atoms with Crippen LogP contribution >= 0.6 is 11.6 Å². The molecule has 2 atom stereocenters. The summed E-state index contributed by atoms with van der Waals surface area (Å²) in [5, 5.41) is 11.9.